The fourth-order valence-corrected chi connectivity index (χ4v) is 1.70. The average molecular weight is 267 g/mol. The maximum absolute atomic E-state index is 11.7. The molecule has 0 aliphatic rings. The van der Waals surface area contributed by atoms with Crippen LogP contribution in [0.1, 0.15) is 16.1 Å². The van der Waals surface area contributed by atoms with Gasteiger partial charge in [0.1, 0.15) is 0 Å². The summed E-state index contributed by atoms with van der Waals surface area (Å²) in [6.07, 6.45) is 3.42. The molecule has 1 amide bonds. The van der Waals surface area contributed by atoms with E-state index in [2.05, 4.69) is 22.2 Å². The summed E-state index contributed by atoms with van der Waals surface area (Å²) in [4.78, 5) is 15.9. The molecule has 102 valence electrons. The van der Waals surface area contributed by atoms with Gasteiger partial charge in [-0.2, -0.15) is 0 Å². The Bertz CT molecular complexity index is 564. The number of nitrogens with one attached hydrogen (secondary N) is 2. The minimum absolute atomic E-state index is 0.0961. The zero-order valence-corrected chi connectivity index (χ0v) is 11.2. The Morgan fingerprint density at radius 1 is 1.20 bits per heavy atom. The molecule has 4 nitrogen and oxygen atoms in total. The number of benzene rings is 1. The second kappa shape index (κ2) is 7.09. The first kappa shape index (κ1) is 13.8. The van der Waals surface area contributed by atoms with Gasteiger partial charge in [-0.25, -0.2) is 0 Å². The number of carbonyl (C=O) groups is 1. The highest BCUT2D eigenvalue weighted by atomic mass is 16.1. The number of nitrogens with zero attached hydrogens (tertiary/aromatic N) is 1. The van der Waals surface area contributed by atoms with E-state index in [1.165, 1.54) is 0 Å². The molecule has 0 unspecified atom stereocenters. The van der Waals surface area contributed by atoms with E-state index < -0.39 is 0 Å². The summed E-state index contributed by atoms with van der Waals surface area (Å²) in [7, 11) is 0. The minimum Gasteiger partial charge on any atom is -0.379 e. The summed E-state index contributed by atoms with van der Waals surface area (Å²) in [6, 6.07) is 13.1. The van der Waals surface area contributed by atoms with Crippen molar-refractivity contribution in [1.82, 2.24) is 10.3 Å². The van der Waals surface area contributed by atoms with E-state index in [1.54, 1.807) is 24.4 Å². The van der Waals surface area contributed by atoms with Crippen LogP contribution in [0.4, 0.5) is 5.69 Å². The largest absolute Gasteiger partial charge is 0.379 e. The van der Waals surface area contributed by atoms with Crippen molar-refractivity contribution in [2.45, 2.75) is 6.54 Å². The SMILES string of the molecule is C=CCNC(=O)c1ccc(NCc2ccccn2)cc1. The topological polar surface area (TPSA) is 54.0 Å². The number of hydrogen-bond donors (Lipinski definition) is 2. The molecule has 2 aromatic rings. The van der Waals surface area contributed by atoms with Gasteiger partial charge in [-0.15, -0.1) is 6.58 Å². The van der Waals surface area contributed by atoms with Crippen LogP contribution in [0.25, 0.3) is 0 Å². The lowest BCUT2D eigenvalue weighted by molar-refractivity contribution is 0.0958. The Balaban J connectivity index is 1.91. The summed E-state index contributed by atoms with van der Waals surface area (Å²) < 4.78 is 0. The molecule has 0 radical (unpaired) electrons. The number of hydrogen-bond acceptors (Lipinski definition) is 3. The van der Waals surface area contributed by atoms with Crippen LogP contribution in [-0.4, -0.2) is 17.4 Å². The van der Waals surface area contributed by atoms with Gasteiger partial charge >= 0.3 is 0 Å². The second-order valence-corrected chi connectivity index (χ2v) is 4.25. The lowest BCUT2D eigenvalue weighted by Crippen LogP contribution is -2.23. The van der Waals surface area contributed by atoms with Crippen molar-refractivity contribution in [3.05, 3.63) is 72.6 Å². The molecule has 0 saturated heterocycles. The van der Waals surface area contributed by atoms with Crippen molar-refractivity contribution in [2.75, 3.05) is 11.9 Å². The molecule has 0 aliphatic carbocycles. The molecule has 0 saturated carbocycles. The Kier molecular flexibility index (Phi) is 4.89. The van der Waals surface area contributed by atoms with Gasteiger partial charge in [0, 0.05) is 24.0 Å². The van der Waals surface area contributed by atoms with E-state index in [4.69, 9.17) is 0 Å². The quantitative estimate of drug-likeness (QED) is 0.791. The zero-order valence-electron chi connectivity index (χ0n) is 11.2. The Labute approximate surface area is 118 Å². The second-order valence-electron chi connectivity index (χ2n) is 4.25. The maximum atomic E-state index is 11.7. The zero-order chi connectivity index (χ0) is 14.2. The molecule has 2 rings (SSSR count). The van der Waals surface area contributed by atoms with E-state index >= 15 is 0 Å². The van der Waals surface area contributed by atoms with Gasteiger partial charge in [-0.05, 0) is 36.4 Å². The monoisotopic (exact) mass is 267 g/mol. The normalized spacial score (nSPS) is 9.80. The number of aromatic nitrogens is 1. The van der Waals surface area contributed by atoms with E-state index in [0.717, 1.165) is 11.4 Å². The predicted molar refractivity (Wildman–Crippen MR) is 80.5 cm³/mol. The summed E-state index contributed by atoms with van der Waals surface area (Å²) in [5.74, 6) is -0.0961. The Hall–Kier alpha value is -2.62. The van der Waals surface area contributed by atoms with Crippen molar-refractivity contribution in [1.29, 1.82) is 0 Å². The number of amides is 1. The third-order valence-corrected chi connectivity index (χ3v) is 2.75. The van der Waals surface area contributed by atoms with Crippen LogP contribution in [0.5, 0.6) is 0 Å². The van der Waals surface area contributed by atoms with Crippen LogP contribution in [0.2, 0.25) is 0 Å². The Morgan fingerprint density at radius 3 is 2.65 bits per heavy atom. The van der Waals surface area contributed by atoms with Gasteiger partial charge in [-0.3, -0.25) is 9.78 Å². The van der Waals surface area contributed by atoms with Gasteiger partial charge in [-0.1, -0.05) is 12.1 Å². The van der Waals surface area contributed by atoms with E-state index in [0.29, 0.717) is 18.7 Å². The van der Waals surface area contributed by atoms with Gasteiger partial charge in [0.15, 0.2) is 0 Å². The molecule has 4 heteroatoms. The van der Waals surface area contributed by atoms with Crippen molar-refractivity contribution < 1.29 is 4.79 Å². The molecule has 20 heavy (non-hydrogen) atoms. The van der Waals surface area contributed by atoms with Gasteiger partial charge < -0.3 is 10.6 Å². The minimum atomic E-state index is -0.0961. The van der Waals surface area contributed by atoms with Crippen molar-refractivity contribution in [3.63, 3.8) is 0 Å². The van der Waals surface area contributed by atoms with Crippen LogP contribution >= 0.6 is 0 Å². The molecular formula is C16H17N3O. The number of anilines is 1. The van der Waals surface area contributed by atoms with E-state index in [1.807, 2.05) is 30.3 Å². The smallest absolute Gasteiger partial charge is 0.251 e. The fraction of sp³-hybridized carbons (Fsp3) is 0.125. The third kappa shape index (κ3) is 3.95. The van der Waals surface area contributed by atoms with Gasteiger partial charge in [0.25, 0.3) is 5.91 Å². The molecule has 1 aromatic heterocycles. The average Bonchev–Trinajstić information content (AvgIpc) is 2.52. The number of rotatable bonds is 6. The molecule has 0 atom stereocenters. The van der Waals surface area contributed by atoms with Crippen molar-refractivity contribution in [2.24, 2.45) is 0 Å². The summed E-state index contributed by atoms with van der Waals surface area (Å²) in [5.41, 5.74) is 2.56. The first-order chi connectivity index (χ1) is 9.79. The van der Waals surface area contributed by atoms with Crippen molar-refractivity contribution >= 4 is 11.6 Å². The molecule has 0 spiro atoms. The highest BCUT2D eigenvalue weighted by molar-refractivity contribution is 5.94. The molecule has 0 bridgehead atoms. The first-order valence-electron chi connectivity index (χ1n) is 6.42. The molecular weight excluding hydrogens is 250 g/mol. The fourth-order valence-electron chi connectivity index (χ4n) is 1.70. The molecule has 1 heterocycles. The standard InChI is InChI=1S/C16H17N3O/c1-2-10-18-16(20)13-6-8-14(9-7-13)19-12-15-5-3-4-11-17-15/h2-9,11,19H,1,10,12H2,(H,18,20). The summed E-state index contributed by atoms with van der Waals surface area (Å²) in [6.45, 7) is 4.69. The maximum Gasteiger partial charge on any atom is 0.251 e. The number of pyridine rings is 1. The lowest BCUT2D eigenvalue weighted by Gasteiger charge is -2.07. The van der Waals surface area contributed by atoms with Crippen LogP contribution in [0.3, 0.4) is 0 Å². The molecule has 1 aromatic carbocycles. The lowest BCUT2D eigenvalue weighted by atomic mass is 10.2. The molecule has 0 aliphatic heterocycles. The van der Waals surface area contributed by atoms with Gasteiger partial charge in [0.2, 0.25) is 0 Å². The van der Waals surface area contributed by atoms with Crippen LogP contribution in [0, 0.1) is 0 Å². The molecule has 2 N–H and O–H groups in total. The highest BCUT2D eigenvalue weighted by Gasteiger charge is 2.03. The summed E-state index contributed by atoms with van der Waals surface area (Å²) in [5, 5.41) is 6.00. The van der Waals surface area contributed by atoms with Crippen molar-refractivity contribution in [3.8, 4) is 0 Å². The predicted octanol–water partition coefficient (Wildman–Crippen LogP) is 2.61. The number of carbonyl (C=O) groups excluding carboxylic acids is 1. The third-order valence-electron chi connectivity index (χ3n) is 2.75. The van der Waals surface area contributed by atoms with Crippen LogP contribution in [0.15, 0.2) is 61.3 Å². The van der Waals surface area contributed by atoms with Gasteiger partial charge in [0.05, 0.1) is 12.2 Å². The van der Waals surface area contributed by atoms with Crippen LogP contribution in [-0.2, 0) is 6.54 Å². The Morgan fingerprint density at radius 2 is 2.00 bits per heavy atom. The van der Waals surface area contributed by atoms with Crippen LogP contribution < -0.4 is 10.6 Å². The highest BCUT2D eigenvalue weighted by Crippen LogP contribution is 2.10. The summed E-state index contributed by atoms with van der Waals surface area (Å²) >= 11 is 0. The van der Waals surface area contributed by atoms with E-state index in [-0.39, 0.29) is 5.91 Å². The van der Waals surface area contributed by atoms with E-state index in [9.17, 15) is 4.79 Å². The first-order valence-corrected chi connectivity index (χ1v) is 6.42. The molecule has 0 fully saturated rings.